The molecule has 1 saturated heterocycles. The molecule has 0 radical (unpaired) electrons. The molecule has 0 unspecified atom stereocenters. The van der Waals surface area contributed by atoms with Crippen molar-refractivity contribution in [2.45, 2.75) is 46.6 Å². The van der Waals surface area contributed by atoms with Crippen LogP contribution >= 0.6 is 0 Å². The number of hydrogen-bond acceptors (Lipinski definition) is 3. The lowest BCUT2D eigenvalue weighted by Crippen LogP contribution is -2.40. The van der Waals surface area contributed by atoms with Crippen molar-refractivity contribution in [1.29, 1.82) is 0 Å². The lowest BCUT2D eigenvalue weighted by molar-refractivity contribution is -0.130. The summed E-state index contributed by atoms with van der Waals surface area (Å²) in [5.74, 6) is 0.979. The van der Waals surface area contributed by atoms with Gasteiger partial charge in [0.15, 0.2) is 0 Å². The summed E-state index contributed by atoms with van der Waals surface area (Å²) in [5, 5.41) is 0. The van der Waals surface area contributed by atoms with Gasteiger partial charge in [-0.1, -0.05) is 13.8 Å². The molecule has 2 rings (SSSR count). The number of carbonyl (C=O) groups excluding carboxylic acids is 1. The summed E-state index contributed by atoms with van der Waals surface area (Å²) in [6, 6.07) is 1.99. The van der Waals surface area contributed by atoms with Crippen LogP contribution in [0.5, 0.6) is 5.75 Å². The Morgan fingerprint density at radius 1 is 1.32 bits per heavy atom. The van der Waals surface area contributed by atoms with E-state index in [2.05, 4.69) is 4.98 Å². The standard InChI is InChI=1S/C13H18N2O2.C2H6/c1-10-7-13(9-14-8-10)17-12-3-5-15(6-4-12)11(2)16;1-2/h7-9,12H,3-6H2,1-2H3;1-2H3. The van der Waals surface area contributed by atoms with Crippen LogP contribution in [0.25, 0.3) is 0 Å². The Balaban J connectivity index is 0.000000861. The van der Waals surface area contributed by atoms with E-state index < -0.39 is 0 Å². The Bertz CT molecular complexity index is 399. The fourth-order valence-electron chi connectivity index (χ4n) is 2.07. The van der Waals surface area contributed by atoms with Crippen LogP contribution in [0.15, 0.2) is 18.5 Å². The van der Waals surface area contributed by atoms with Crippen molar-refractivity contribution in [1.82, 2.24) is 9.88 Å². The van der Waals surface area contributed by atoms with E-state index in [1.807, 2.05) is 37.9 Å². The number of rotatable bonds is 2. The Kier molecular flexibility index (Phi) is 6.33. The van der Waals surface area contributed by atoms with Crippen molar-refractivity contribution < 1.29 is 9.53 Å². The Hall–Kier alpha value is -1.58. The van der Waals surface area contributed by atoms with Crippen LogP contribution in [-0.2, 0) is 4.79 Å². The van der Waals surface area contributed by atoms with Gasteiger partial charge in [-0.25, -0.2) is 0 Å². The van der Waals surface area contributed by atoms with Gasteiger partial charge < -0.3 is 9.64 Å². The van der Waals surface area contributed by atoms with Gasteiger partial charge >= 0.3 is 0 Å². The SMILES string of the molecule is CC.CC(=O)N1CCC(Oc2cncc(C)c2)CC1. The maximum absolute atomic E-state index is 11.2. The fourth-order valence-corrected chi connectivity index (χ4v) is 2.07. The molecule has 0 aromatic carbocycles. The third-order valence-corrected chi connectivity index (χ3v) is 3.04. The van der Waals surface area contributed by atoms with Gasteiger partial charge in [0.05, 0.1) is 6.20 Å². The molecule has 1 aliphatic heterocycles. The van der Waals surface area contributed by atoms with Gasteiger partial charge in [0.1, 0.15) is 11.9 Å². The maximum Gasteiger partial charge on any atom is 0.219 e. The predicted octanol–water partition coefficient (Wildman–Crippen LogP) is 2.81. The van der Waals surface area contributed by atoms with E-state index in [1.54, 1.807) is 13.1 Å². The zero-order chi connectivity index (χ0) is 14.3. The number of aryl methyl sites for hydroxylation is 1. The number of piperidine rings is 1. The molecule has 0 atom stereocenters. The van der Waals surface area contributed by atoms with E-state index in [0.29, 0.717) is 0 Å². The van der Waals surface area contributed by atoms with Crippen molar-refractivity contribution in [2.75, 3.05) is 13.1 Å². The summed E-state index contributed by atoms with van der Waals surface area (Å²) in [4.78, 5) is 17.2. The molecule has 0 N–H and O–H groups in total. The monoisotopic (exact) mass is 264 g/mol. The predicted molar refractivity (Wildman–Crippen MR) is 76.2 cm³/mol. The van der Waals surface area contributed by atoms with Crippen LogP contribution in [-0.4, -0.2) is 35.0 Å². The number of hydrogen-bond donors (Lipinski definition) is 0. The Morgan fingerprint density at radius 3 is 2.47 bits per heavy atom. The van der Waals surface area contributed by atoms with Crippen LogP contribution in [0.2, 0.25) is 0 Å². The average molecular weight is 264 g/mol. The summed E-state index contributed by atoms with van der Waals surface area (Å²) < 4.78 is 5.86. The summed E-state index contributed by atoms with van der Waals surface area (Å²) in [7, 11) is 0. The number of likely N-dealkylation sites (tertiary alicyclic amines) is 1. The minimum atomic E-state index is 0.153. The number of aromatic nitrogens is 1. The highest BCUT2D eigenvalue weighted by molar-refractivity contribution is 5.73. The average Bonchev–Trinajstić information content (AvgIpc) is 2.41. The van der Waals surface area contributed by atoms with Gasteiger partial charge in [0, 0.05) is 39.1 Å². The molecular formula is C15H24N2O2. The first-order valence-corrected chi connectivity index (χ1v) is 6.99. The second-order valence-electron chi connectivity index (χ2n) is 4.52. The number of amides is 1. The molecule has 106 valence electrons. The highest BCUT2D eigenvalue weighted by Gasteiger charge is 2.21. The van der Waals surface area contributed by atoms with Gasteiger partial charge in [0.25, 0.3) is 0 Å². The van der Waals surface area contributed by atoms with Crippen LogP contribution in [0.4, 0.5) is 0 Å². The molecule has 1 aliphatic rings. The van der Waals surface area contributed by atoms with E-state index in [-0.39, 0.29) is 12.0 Å². The van der Waals surface area contributed by atoms with Crippen LogP contribution in [0, 0.1) is 6.92 Å². The molecule has 2 heterocycles. The number of ether oxygens (including phenoxy) is 1. The zero-order valence-corrected chi connectivity index (χ0v) is 12.3. The van der Waals surface area contributed by atoms with Crippen molar-refractivity contribution in [3.05, 3.63) is 24.0 Å². The number of pyridine rings is 1. The largest absolute Gasteiger partial charge is 0.489 e. The third-order valence-electron chi connectivity index (χ3n) is 3.04. The Morgan fingerprint density at radius 2 is 1.95 bits per heavy atom. The summed E-state index contributed by atoms with van der Waals surface area (Å²) in [5.41, 5.74) is 1.10. The molecule has 4 heteroatoms. The lowest BCUT2D eigenvalue weighted by atomic mass is 10.1. The quantitative estimate of drug-likeness (QED) is 0.825. The molecule has 0 bridgehead atoms. The smallest absolute Gasteiger partial charge is 0.219 e. The van der Waals surface area contributed by atoms with Gasteiger partial charge in [-0.15, -0.1) is 0 Å². The first kappa shape index (κ1) is 15.5. The summed E-state index contributed by atoms with van der Waals surface area (Å²) >= 11 is 0. The van der Waals surface area contributed by atoms with Crippen LogP contribution in [0.1, 0.15) is 39.2 Å². The number of nitrogens with zero attached hydrogens (tertiary/aromatic N) is 2. The minimum absolute atomic E-state index is 0.153. The topological polar surface area (TPSA) is 42.4 Å². The van der Waals surface area contributed by atoms with E-state index >= 15 is 0 Å². The molecule has 0 spiro atoms. The first-order valence-electron chi connectivity index (χ1n) is 6.99. The van der Waals surface area contributed by atoms with Gasteiger partial charge in [-0.2, -0.15) is 0 Å². The molecular weight excluding hydrogens is 240 g/mol. The molecule has 0 saturated carbocycles. The second-order valence-corrected chi connectivity index (χ2v) is 4.52. The van der Waals surface area contributed by atoms with Gasteiger partial charge in [-0.3, -0.25) is 9.78 Å². The molecule has 1 fully saturated rings. The van der Waals surface area contributed by atoms with Crippen molar-refractivity contribution in [3.8, 4) is 5.75 Å². The molecule has 1 amide bonds. The van der Waals surface area contributed by atoms with Crippen molar-refractivity contribution in [2.24, 2.45) is 0 Å². The molecule has 1 aromatic heterocycles. The minimum Gasteiger partial charge on any atom is -0.489 e. The third kappa shape index (κ3) is 4.89. The van der Waals surface area contributed by atoms with Crippen molar-refractivity contribution in [3.63, 3.8) is 0 Å². The molecule has 19 heavy (non-hydrogen) atoms. The zero-order valence-electron chi connectivity index (χ0n) is 12.3. The van der Waals surface area contributed by atoms with E-state index in [4.69, 9.17) is 4.74 Å². The van der Waals surface area contributed by atoms with E-state index in [0.717, 1.165) is 37.2 Å². The Labute approximate surface area is 115 Å². The van der Waals surface area contributed by atoms with Crippen LogP contribution in [0.3, 0.4) is 0 Å². The highest BCUT2D eigenvalue weighted by Crippen LogP contribution is 2.18. The number of carbonyl (C=O) groups is 1. The first-order chi connectivity index (χ1) is 9.15. The van der Waals surface area contributed by atoms with Gasteiger partial charge in [-0.05, 0) is 18.6 Å². The maximum atomic E-state index is 11.2. The van der Waals surface area contributed by atoms with E-state index in [9.17, 15) is 4.79 Å². The summed E-state index contributed by atoms with van der Waals surface area (Å²) in [6.45, 7) is 9.20. The van der Waals surface area contributed by atoms with Crippen molar-refractivity contribution >= 4 is 5.91 Å². The highest BCUT2D eigenvalue weighted by atomic mass is 16.5. The summed E-state index contributed by atoms with van der Waals surface area (Å²) in [6.07, 6.45) is 5.55. The second kappa shape index (κ2) is 7.77. The van der Waals surface area contributed by atoms with Gasteiger partial charge in [0.2, 0.25) is 5.91 Å². The normalized spacial score (nSPS) is 15.5. The molecule has 0 aliphatic carbocycles. The molecule has 4 nitrogen and oxygen atoms in total. The van der Waals surface area contributed by atoms with Crippen LogP contribution < -0.4 is 4.74 Å². The van der Waals surface area contributed by atoms with E-state index in [1.165, 1.54) is 0 Å². The molecule has 1 aromatic rings. The fraction of sp³-hybridized carbons (Fsp3) is 0.600. The lowest BCUT2D eigenvalue weighted by Gasteiger charge is -2.31.